The first kappa shape index (κ1) is 13.8. The van der Waals surface area contributed by atoms with Gasteiger partial charge in [0.2, 0.25) is 5.88 Å². The van der Waals surface area contributed by atoms with E-state index < -0.39 is 0 Å². The smallest absolute Gasteiger partial charge is 0.233 e. The molecule has 18 heavy (non-hydrogen) atoms. The van der Waals surface area contributed by atoms with Crippen LogP contribution in [0.15, 0.2) is 33.3 Å². The van der Waals surface area contributed by atoms with Crippen LogP contribution >= 0.6 is 43.5 Å². The number of pyridine rings is 1. The molecule has 0 spiro atoms. The molecule has 0 bridgehead atoms. The first-order chi connectivity index (χ1) is 8.47. The molecule has 0 fully saturated rings. The van der Waals surface area contributed by atoms with Gasteiger partial charge in [0.05, 0.1) is 4.47 Å². The summed E-state index contributed by atoms with van der Waals surface area (Å²) in [6.07, 6.45) is 1.70. The number of hydrogen-bond donors (Lipinski definition) is 0. The van der Waals surface area contributed by atoms with Crippen LogP contribution in [0.5, 0.6) is 11.6 Å². The molecule has 0 aliphatic rings. The van der Waals surface area contributed by atoms with Crippen LogP contribution in [0.3, 0.4) is 0 Å². The van der Waals surface area contributed by atoms with Gasteiger partial charge in [-0.3, -0.25) is 0 Å². The standard InChI is InChI=1S/C13H10Br2ClNO/c1-7-3-10(16)4-8(2)12(7)18-13-11(15)5-9(14)6-17-13/h3-6H,1-2H3. The fraction of sp³-hybridized carbons (Fsp3) is 0.154. The van der Waals surface area contributed by atoms with Crippen LogP contribution < -0.4 is 4.74 Å². The molecule has 0 saturated heterocycles. The van der Waals surface area contributed by atoms with Crippen molar-refractivity contribution in [3.05, 3.63) is 49.5 Å². The molecule has 1 heterocycles. The van der Waals surface area contributed by atoms with E-state index in [2.05, 4.69) is 36.8 Å². The normalized spacial score (nSPS) is 10.5. The Bertz CT molecular complexity index is 579. The fourth-order valence-electron chi connectivity index (χ4n) is 1.63. The van der Waals surface area contributed by atoms with E-state index in [1.54, 1.807) is 6.20 Å². The molecular weight excluding hydrogens is 381 g/mol. The Morgan fingerprint density at radius 3 is 2.28 bits per heavy atom. The van der Waals surface area contributed by atoms with Gasteiger partial charge in [-0.25, -0.2) is 4.98 Å². The van der Waals surface area contributed by atoms with Crippen LogP contribution in [0.25, 0.3) is 0 Å². The Hall–Kier alpha value is -0.580. The van der Waals surface area contributed by atoms with E-state index in [9.17, 15) is 0 Å². The number of rotatable bonds is 2. The van der Waals surface area contributed by atoms with E-state index in [-0.39, 0.29) is 0 Å². The summed E-state index contributed by atoms with van der Waals surface area (Å²) in [5.41, 5.74) is 1.97. The molecule has 0 saturated carbocycles. The summed E-state index contributed by atoms with van der Waals surface area (Å²) in [7, 11) is 0. The second-order valence-electron chi connectivity index (χ2n) is 3.91. The topological polar surface area (TPSA) is 22.1 Å². The molecule has 0 unspecified atom stereocenters. The third-order valence-corrected chi connectivity index (χ3v) is 3.62. The number of halogens is 3. The summed E-state index contributed by atoms with van der Waals surface area (Å²) in [5, 5.41) is 0.709. The summed E-state index contributed by atoms with van der Waals surface area (Å²) >= 11 is 12.8. The summed E-state index contributed by atoms with van der Waals surface area (Å²) in [6.45, 7) is 3.92. The highest BCUT2D eigenvalue weighted by Crippen LogP contribution is 2.34. The van der Waals surface area contributed by atoms with Crippen molar-refractivity contribution in [3.63, 3.8) is 0 Å². The molecule has 0 atom stereocenters. The highest BCUT2D eigenvalue weighted by molar-refractivity contribution is 9.11. The van der Waals surface area contributed by atoms with Gasteiger partial charge >= 0.3 is 0 Å². The van der Waals surface area contributed by atoms with Crippen molar-refractivity contribution < 1.29 is 4.74 Å². The predicted molar refractivity (Wildman–Crippen MR) is 80.6 cm³/mol. The average molecular weight is 391 g/mol. The lowest BCUT2D eigenvalue weighted by Crippen LogP contribution is -1.94. The molecule has 0 radical (unpaired) electrons. The number of aromatic nitrogens is 1. The van der Waals surface area contributed by atoms with Crippen molar-refractivity contribution in [3.8, 4) is 11.6 Å². The van der Waals surface area contributed by atoms with Crippen molar-refractivity contribution >= 4 is 43.5 Å². The molecule has 0 amide bonds. The highest BCUT2D eigenvalue weighted by atomic mass is 79.9. The molecule has 5 heteroatoms. The quantitative estimate of drug-likeness (QED) is 0.658. The van der Waals surface area contributed by atoms with E-state index in [0.29, 0.717) is 10.9 Å². The first-order valence-corrected chi connectivity index (χ1v) is 7.19. The molecule has 1 aromatic heterocycles. The Morgan fingerprint density at radius 1 is 1.11 bits per heavy atom. The van der Waals surface area contributed by atoms with Crippen LogP contribution in [-0.4, -0.2) is 4.98 Å². The van der Waals surface area contributed by atoms with Crippen LogP contribution in [0.1, 0.15) is 11.1 Å². The zero-order chi connectivity index (χ0) is 13.3. The van der Waals surface area contributed by atoms with Gasteiger partial charge in [0.1, 0.15) is 5.75 Å². The van der Waals surface area contributed by atoms with E-state index in [1.807, 2.05) is 32.0 Å². The van der Waals surface area contributed by atoms with Gasteiger partial charge < -0.3 is 4.74 Å². The number of nitrogens with zero attached hydrogens (tertiary/aromatic N) is 1. The van der Waals surface area contributed by atoms with Crippen LogP contribution in [-0.2, 0) is 0 Å². The van der Waals surface area contributed by atoms with Gasteiger partial charge in [-0.15, -0.1) is 0 Å². The Morgan fingerprint density at radius 2 is 1.72 bits per heavy atom. The number of ether oxygens (including phenoxy) is 1. The largest absolute Gasteiger partial charge is 0.437 e. The molecule has 1 aromatic carbocycles. The maximum absolute atomic E-state index is 5.99. The van der Waals surface area contributed by atoms with E-state index in [4.69, 9.17) is 16.3 Å². The van der Waals surface area contributed by atoms with Crippen molar-refractivity contribution in [2.45, 2.75) is 13.8 Å². The number of hydrogen-bond acceptors (Lipinski definition) is 2. The SMILES string of the molecule is Cc1cc(Cl)cc(C)c1Oc1ncc(Br)cc1Br. The lowest BCUT2D eigenvalue weighted by molar-refractivity contribution is 0.452. The summed E-state index contributed by atoms with van der Waals surface area (Å²) in [5.74, 6) is 1.32. The summed E-state index contributed by atoms with van der Waals surface area (Å²) < 4.78 is 7.53. The lowest BCUT2D eigenvalue weighted by atomic mass is 10.1. The first-order valence-electron chi connectivity index (χ1n) is 5.23. The summed E-state index contributed by atoms with van der Waals surface area (Å²) in [4.78, 5) is 4.23. The molecule has 2 nitrogen and oxygen atoms in total. The van der Waals surface area contributed by atoms with Gasteiger partial charge in [-0.1, -0.05) is 11.6 Å². The fourth-order valence-corrected chi connectivity index (χ4v) is 3.03. The molecule has 2 aromatic rings. The Kier molecular flexibility index (Phi) is 4.30. The van der Waals surface area contributed by atoms with Crippen molar-refractivity contribution in [2.24, 2.45) is 0 Å². The van der Waals surface area contributed by atoms with Crippen molar-refractivity contribution in [1.82, 2.24) is 4.98 Å². The van der Waals surface area contributed by atoms with Crippen molar-refractivity contribution in [2.75, 3.05) is 0 Å². The molecule has 2 rings (SSSR count). The van der Waals surface area contributed by atoms with Gasteiger partial charge in [0, 0.05) is 15.7 Å². The van der Waals surface area contributed by atoms with Gasteiger partial charge in [-0.2, -0.15) is 0 Å². The second kappa shape index (κ2) is 5.59. The maximum atomic E-state index is 5.99. The molecule has 94 valence electrons. The van der Waals surface area contributed by atoms with Crippen LogP contribution in [0, 0.1) is 13.8 Å². The van der Waals surface area contributed by atoms with E-state index in [0.717, 1.165) is 25.8 Å². The van der Waals surface area contributed by atoms with Gasteiger partial charge in [-0.05, 0) is 75.0 Å². The minimum Gasteiger partial charge on any atom is -0.437 e. The Balaban J connectivity index is 2.40. The summed E-state index contributed by atoms with van der Waals surface area (Å²) in [6, 6.07) is 5.64. The van der Waals surface area contributed by atoms with Crippen LogP contribution in [0.4, 0.5) is 0 Å². The Labute approximate surface area is 128 Å². The monoisotopic (exact) mass is 389 g/mol. The minimum absolute atomic E-state index is 0.534. The van der Waals surface area contributed by atoms with E-state index in [1.165, 1.54) is 0 Å². The number of aryl methyl sites for hydroxylation is 2. The molecule has 0 N–H and O–H groups in total. The third-order valence-electron chi connectivity index (χ3n) is 2.40. The predicted octanol–water partition coefficient (Wildman–Crippen LogP) is 5.67. The van der Waals surface area contributed by atoms with Crippen molar-refractivity contribution in [1.29, 1.82) is 0 Å². The number of benzene rings is 1. The van der Waals surface area contributed by atoms with Gasteiger partial charge in [0.25, 0.3) is 0 Å². The zero-order valence-electron chi connectivity index (χ0n) is 9.80. The average Bonchev–Trinajstić information content (AvgIpc) is 2.25. The zero-order valence-corrected chi connectivity index (χ0v) is 13.7. The molecule has 0 aliphatic carbocycles. The highest BCUT2D eigenvalue weighted by Gasteiger charge is 2.10. The molecule has 0 aliphatic heterocycles. The second-order valence-corrected chi connectivity index (χ2v) is 6.12. The van der Waals surface area contributed by atoms with Crippen LogP contribution in [0.2, 0.25) is 5.02 Å². The lowest BCUT2D eigenvalue weighted by Gasteiger charge is -2.12. The minimum atomic E-state index is 0.534. The molecular formula is C13H10Br2ClNO. The van der Waals surface area contributed by atoms with E-state index >= 15 is 0 Å². The third kappa shape index (κ3) is 3.05. The maximum Gasteiger partial charge on any atom is 0.233 e. The van der Waals surface area contributed by atoms with Gasteiger partial charge in [0.15, 0.2) is 0 Å².